The Morgan fingerprint density at radius 3 is 2.58 bits per heavy atom. The monoisotopic (exact) mass is 187 g/mol. The highest BCUT2D eigenvalue weighted by Crippen LogP contribution is 2.33. The number of rotatable bonds is 6. The topological polar surface area (TPSA) is 26.0 Å². The molecule has 0 aliphatic heterocycles. The molecule has 0 aromatic carbocycles. The second kappa shape index (κ2) is 5.13. The van der Waals surface area contributed by atoms with E-state index in [1.807, 2.05) is 11.8 Å². The Kier molecular flexibility index (Phi) is 4.44. The lowest BCUT2D eigenvalue weighted by Crippen LogP contribution is -2.23. The maximum atomic E-state index is 5.98. The van der Waals surface area contributed by atoms with Gasteiger partial charge in [0, 0.05) is 11.8 Å². The molecule has 1 rings (SSSR count). The van der Waals surface area contributed by atoms with Gasteiger partial charge in [0.25, 0.3) is 0 Å². The molecule has 0 radical (unpaired) electrons. The van der Waals surface area contributed by atoms with Gasteiger partial charge in [-0.3, -0.25) is 0 Å². The Morgan fingerprint density at radius 1 is 1.42 bits per heavy atom. The van der Waals surface area contributed by atoms with Gasteiger partial charge in [-0.15, -0.1) is 0 Å². The van der Waals surface area contributed by atoms with Crippen LogP contribution in [0.2, 0.25) is 0 Å². The summed E-state index contributed by atoms with van der Waals surface area (Å²) in [5.41, 5.74) is 5.98. The fourth-order valence-corrected chi connectivity index (χ4v) is 2.05. The summed E-state index contributed by atoms with van der Waals surface area (Å²) in [4.78, 5) is 0. The molecule has 2 heteroatoms. The number of hydrogen-bond acceptors (Lipinski definition) is 2. The van der Waals surface area contributed by atoms with E-state index in [-0.39, 0.29) is 0 Å². The molecule has 1 unspecified atom stereocenters. The molecule has 0 bridgehead atoms. The van der Waals surface area contributed by atoms with E-state index in [4.69, 9.17) is 5.73 Å². The van der Waals surface area contributed by atoms with Crippen molar-refractivity contribution in [2.24, 2.45) is 11.7 Å². The van der Waals surface area contributed by atoms with Crippen LogP contribution in [0, 0.1) is 5.92 Å². The molecule has 1 fully saturated rings. The highest BCUT2D eigenvalue weighted by molar-refractivity contribution is 7.99. The molecule has 0 amide bonds. The van der Waals surface area contributed by atoms with Gasteiger partial charge in [0.05, 0.1) is 0 Å². The minimum absolute atomic E-state index is 0.443. The zero-order valence-corrected chi connectivity index (χ0v) is 9.07. The molecule has 0 spiro atoms. The molecule has 2 N–H and O–H groups in total. The van der Waals surface area contributed by atoms with Crippen molar-refractivity contribution in [2.45, 2.75) is 50.8 Å². The zero-order valence-electron chi connectivity index (χ0n) is 8.25. The third kappa shape index (κ3) is 5.04. The molecule has 0 heterocycles. The van der Waals surface area contributed by atoms with Crippen molar-refractivity contribution in [2.75, 3.05) is 5.75 Å². The van der Waals surface area contributed by atoms with E-state index in [0.717, 1.165) is 16.9 Å². The second-order valence-corrected chi connectivity index (χ2v) is 5.77. The molecule has 12 heavy (non-hydrogen) atoms. The van der Waals surface area contributed by atoms with Gasteiger partial charge in [0.2, 0.25) is 0 Å². The quantitative estimate of drug-likeness (QED) is 0.692. The van der Waals surface area contributed by atoms with Crippen LogP contribution in [0.3, 0.4) is 0 Å². The standard InChI is InChI=1S/C10H21NS/c1-8(2)12-7-10(11)6-5-9-3-4-9/h8-10H,3-7,11H2,1-2H3. The molecular formula is C10H21NS. The average molecular weight is 187 g/mol. The van der Waals surface area contributed by atoms with E-state index in [2.05, 4.69) is 13.8 Å². The Labute approximate surface area is 80.5 Å². The summed E-state index contributed by atoms with van der Waals surface area (Å²) >= 11 is 1.99. The first-order valence-electron chi connectivity index (χ1n) is 5.05. The molecule has 1 aliphatic rings. The minimum atomic E-state index is 0.443. The molecule has 0 saturated heterocycles. The van der Waals surface area contributed by atoms with E-state index in [1.165, 1.54) is 25.7 Å². The Bertz CT molecular complexity index is 115. The van der Waals surface area contributed by atoms with Gasteiger partial charge in [-0.25, -0.2) is 0 Å². The summed E-state index contributed by atoms with van der Waals surface area (Å²) in [6.07, 6.45) is 5.54. The first-order chi connectivity index (χ1) is 5.68. The van der Waals surface area contributed by atoms with Gasteiger partial charge >= 0.3 is 0 Å². The van der Waals surface area contributed by atoms with Gasteiger partial charge in [-0.2, -0.15) is 11.8 Å². The van der Waals surface area contributed by atoms with Crippen molar-refractivity contribution in [3.05, 3.63) is 0 Å². The zero-order chi connectivity index (χ0) is 8.97. The normalized spacial score (nSPS) is 20.0. The Morgan fingerprint density at radius 2 is 2.08 bits per heavy atom. The summed E-state index contributed by atoms with van der Waals surface area (Å²) in [5.74, 6) is 2.18. The number of hydrogen-bond donors (Lipinski definition) is 1. The van der Waals surface area contributed by atoms with Crippen molar-refractivity contribution in [1.82, 2.24) is 0 Å². The molecule has 1 saturated carbocycles. The highest BCUT2D eigenvalue weighted by atomic mass is 32.2. The second-order valence-electron chi connectivity index (χ2n) is 4.16. The van der Waals surface area contributed by atoms with Crippen molar-refractivity contribution < 1.29 is 0 Å². The summed E-state index contributed by atoms with van der Waals surface area (Å²) in [7, 11) is 0. The largest absolute Gasteiger partial charge is 0.327 e. The van der Waals surface area contributed by atoms with Gasteiger partial charge in [-0.05, 0) is 24.0 Å². The molecular weight excluding hydrogens is 166 g/mol. The third-order valence-electron chi connectivity index (χ3n) is 2.29. The molecule has 1 atom stereocenters. The van der Waals surface area contributed by atoms with Gasteiger partial charge < -0.3 is 5.73 Å². The maximum Gasteiger partial charge on any atom is 0.0130 e. The predicted molar refractivity (Wildman–Crippen MR) is 57.5 cm³/mol. The Hall–Kier alpha value is 0.310. The van der Waals surface area contributed by atoms with E-state index in [0.29, 0.717) is 6.04 Å². The number of nitrogens with two attached hydrogens (primary N) is 1. The number of thioether (sulfide) groups is 1. The molecule has 72 valence electrons. The van der Waals surface area contributed by atoms with Crippen molar-refractivity contribution in [3.8, 4) is 0 Å². The fraction of sp³-hybridized carbons (Fsp3) is 1.00. The van der Waals surface area contributed by atoms with Crippen LogP contribution in [-0.4, -0.2) is 17.0 Å². The molecule has 1 aliphatic carbocycles. The van der Waals surface area contributed by atoms with Gasteiger partial charge in [-0.1, -0.05) is 26.7 Å². The third-order valence-corrected chi connectivity index (χ3v) is 3.57. The fourth-order valence-electron chi connectivity index (χ4n) is 1.26. The van der Waals surface area contributed by atoms with E-state index in [9.17, 15) is 0 Å². The van der Waals surface area contributed by atoms with Crippen LogP contribution in [0.1, 0.15) is 39.5 Å². The first-order valence-corrected chi connectivity index (χ1v) is 6.10. The van der Waals surface area contributed by atoms with Crippen LogP contribution >= 0.6 is 11.8 Å². The lowest BCUT2D eigenvalue weighted by atomic mass is 10.1. The van der Waals surface area contributed by atoms with Crippen molar-refractivity contribution in [3.63, 3.8) is 0 Å². The molecule has 1 nitrogen and oxygen atoms in total. The van der Waals surface area contributed by atoms with E-state index in [1.54, 1.807) is 0 Å². The van der Waals surface area contributed by atoms with Crippen LogP contribution in [0.25, 0.3) is 0 Å². The van der Waals surface area contributed by atoms with Crippen LogP contribution in [0.4, 0.5) is 0 Å². The molecule has 0 aromatic rings. The van der Waals surface area contributed by atoms with Crippen LogP contribution < -0.4 is 5.73 Å². The highest BCUT2D eigenvalue weighted by Gasteiger charge is 2.21. The van der Waals surface area contributed by atoms with Gasteiger partial charge in [0.15, 0.2) is 0 Å². The SMILES string of the molecule is CC(C)SCC(N)CCC1CC1. The average Bonchev–Trinajstić information content (AvgIpc) is 2.80. The summed E-state index contributed by atoms with van der Waals surface area (Å²) in [5, 5.41) is 0.733. The Balaban J connectivity index is 1.91. The predicted octanol–water partition coefficient (Wildman–Crippen LogP) is 2.65. The van der Waals surface area contributed by atoms with Crippen LogP contribution in [0.15, 0.2) is 0 Å². The summed E-state index contributed by atoms with van der Waals surface area (Å²) in [6, 6.07) is 0.443. The minimum Gasteiger partial charge on any atom is -0.327 e. The lowest BCUT2D eigenvalue weighted by Gasteiger charge is -2.12. The van der Waals surface area contributed by atoms with Crippen molar-refractivity contribution >= 4 is 11.8 Å². The van der Waals surface area contributed by atoms with E-state index < -0.39 is 0 Å². The van der Waals surface area contributed by atoms with E-state index >= 15 is 0 Å². The van der Waals surface area contributed by atoms with Gasteiger partial charge in [0.1, 0.15) is 0 Å². The first kappa shape index (κ1) is 10.4. The smallest absolute Gasteiger partial charge is 0.0130 e. The van der Waals surface area contributed by atoms with Crippen LogP contribution in [0.5, 0.6) is 0 Å². The maximum absolute atomic E-state index is 5.98. The van der Waals surface area contributed by atoms with Crippen molar-refractivity contribution in [1.29, 1.82) is 0 Å². The summed E-state index contributed by atoms with van der Waals surface area (Å²) in [6.45, 7) is 4.47. The summed E-state index contributed by atoms with van der Waals surface area (Å²) < 4.78 is 0. The molecule has 0 aromatic heterocycles. The lowest BCUT2D eigenvalue weighted by molar-refractivity contribution is 0.591. The van der Waals surface area contributed by atoms with Crippen LogP contribution in [-0.2, 0) is 0 Å².